The summed E-state index contributed by atoms with van der Waals surface area (Å²) in [6, 6.07) is 5.26. The molecule has 2 saturated heterocycles. The number of rotatable bonds is 7. The van der Waals surface area contributed by atoms with Crippen molar-refractivity contribution in [3.63, 3.8) is 0 Å². The minimum absolute atomic E-state index is 0.105. The van der Waals surface area contributed by atoms with E-state index in [1.54, 1.807) is 0 Å². The summed E-state index contributed by atoms with van der Waals surface area (Å²) in [4.78, 5) is 12.8. The van der Waals surface area contributed by atoms with E-state index in [2.05, 4.69) is 5.32 Å². The third-order valence-electron chi connectivity index (χ3n) is 5.37. The highest BCUT2D eigenvalue weighted by Gasteiger charge is 2.44. The molecule has 2 atom stereocenters. The maximum atomic E-state index is 11.7. The van der Waals surface area contributed by atoms with Gasteiger partial charge in [0.1, 0.15) is 18.5 Å². The van der Waals surface area contributed by atoms with E-state index in [1.807, 2.05) is 0 Å². The van der Waals surface area contributed by atoms with Crippen LogP contribution in [0, 0.1) is 0 Å². The Balaban J connectivity index is 1.56. The summed E-state index contributed by atoms with van der Waals surface area (Å²) in [5, 5.41) is 28.3. The van der Waals surface area contributed by atoms with E-state index in [-0.39, 0.29) is 35.4 Å². The first kappa shape index (κ1) is 21.8. The summed E-state index contributed by atoms with van der Waals surface area (Å²) in [7, 11) is -3.87. The minimum atomic E-state index is -3.87. The standard InChI is InChI=1S/C18H27N3O7S/c19-29(25,26)16-3-1-2-15(8-16)27-12-14(22)10-21(17(23)24)13-9-18(28-11-13)4-6-20-7-5-18/h1-3,8,13-14,20,22H,4-7,9-12H2,(H,23,24)(H2,19,25,26). The Labute approximate surface area is 169 Å². The van der Waals surface area contributed by atoms with Gasteiger partial charge < -0.3 is 29.9 Å². The van der Waals surface area contributed by atoms with Crippen molar-refractivity contribution < 1.29 is 32.9 Å². The number of carbonyl (C=O) groups is 1. The first-order valence-electron chi connectivity index (χ1n) is 9.46. The third-order valence-corrected chi connectivity index (χ3v) is 6.29. The lowest BCUT2D eigenvalue weighted by molar-refractivity contribution is -0.0205. The number of aliphatic hydroxyl groups is 1. The van der Waals surface area contributed by atoms with Crippen molar-refractivity contribution in [3.05, 3.63) is 24.3 Å². The lowest BCUT2D eigenvalue weighted by Crippen LogP contribution is -2.47. The number of primary sulfonamides is 1. The highest BCUT2D eigenvalue weighted by molar-refractivity contribution is 7.89. The molecule has 0 radical (unpaired) electrons. The van der Waals surface area contributed by atoms with Crippen molar-refractivity contribution in [2.24, 2.45) is 5.14 Å². The quantitative estimate of drug-likeness (QED) is 0.471. The monoisotopic (exact) mass is 429 g/mol. The molecule has 2 unspecified atom stereocenters. The second kappa shape index (κ2) is 8.84. The predicted octanol–water partition coefficient (Wildman–Crippen LogP) is -0.0352. The fourth-order valence-corrected chi connectivity index (χ4v) is 4.40. The number of hydrogen-bond acceptors (Lipinski definition) is 7. The van der Waals surface area contributed by atoms with Gasteiger partial charge in [0.2, 0.25) is 10.0 Å². The van der Waals surface area contributed by atoms with Crippen molar-refractivity contribution in [1.82, 2.24) is 10.2 Å². The molecule has 2 aliphatic heterocycles. The Kier molecular flexibility index (Phi) is 6.64. The van der Waals surface area contributed by atoms with Gasteiger partial charge in [0, 0.05) is 6.07 Å². The topological polar surface area (TPSA) is 151 Å². The van der Waals surface area contributed by atoms with Gasteiger partial charge in [-0.05, 0) is 44.5 Å². The molecule has 29 heavy (non-hydrogen) atoms. The highest BCUT2D eigenvalue weighted by atomic mass is 32.2. The van der Waals surface area contributed by atoms with Crippen LogP contribution in [0.3, 0.4) is 0 Å². The van der Waals surface area contributed by atoms with Crippen LogP contribution < -0.4 is 15.2 Å². The van der Waals surface area contributed by atoms with Gasteiger partial charge in [0.25, 0.3) is 0 Å². The third kappa shape index (κ3) is 5.58. The van der Waals surface area contributed by atoms with E-state index in [0.29, 0.717) is 13.0 Å². The Bertz CT molecular complexity index is 826. The van der Waals surface area contributed by atoms with E-state index in [4.69, 9.17) is 14.6 Å². The van der Waals surface area contributed by atoms with Gasteiger partial charge in [0.05, 0.1) is 29.7 Å². The summed E-state index contributed by atoms with van der Waals surface area (Å²) >= 11 is 0. The first-order chi connectivity index (χ1) is 13.7. The lowest BCUT2D eigenvalue weighted by Gasteiger charge is -2.34. The van der Waals surface area contributed by atoms with Crippen LogP contribution in [0.5, 0.6) is 5.75 Å². The summed E-state index contributed by atoms with van der Waals surface area (Å²) in [6.45, 7) is 1.66. The summed E-state index contributed by atoms with van der Waals surface area (Å²) in [5.41, 5.74) is -0.292. The molecule has 2 fully saturated rings. The van der Waals surface area contributed by atoms with Gasteiger partial charge in [-0.25, -0.2) is 18.4 Å². The number of nitrogens with two attached hydrogens (primary N) is 1. The van der Waals surface area contributed by atoms with Gasteiger partial charge in [-0.15, -0.1) is 0 Å². The highest BCUT2D eigenvalue weighted by Crippen LogP contribution is 2.36. The van der Waals surface area contributed by atoms with Crippen LogP contribution in [0.4, 0.5) is 4.79 Å². The summed E-state index contributed by atoms with van der Waals surface area (Å²) in [6.07, 6.45) is 0.0606. The lowest BCUT2D eigenvalue weighted by atomic mass is 9.88. The molecule has 5 N–H and O–H groups in total. The second-order valence-corrected chi connectivity index (χ2v) is 9.08. The van der Waals surface area contributed by atoms with Crippen molar-refractivity contribution in [2.45, 2.75) is 41.9 Å². The zero-order chi connectivity index (χ0) is 21.1. The number of nitrogens with one attached hydrogen (secondary N) is 1. The number of aliphatic hydroxyl groups excluding tert-OH is 1. The van der Waals surface area contributed by atoms with E-state index < -0.39 is 22.2 Å². The van der Waals surface area contributed by atoms with Crippen molar-refractivity contribution in [2.75, 3.05) is 32.8 Å². The number of nitrogens with zero attached hydrogens (tertiary/aromatic N) is 1. The van der Waals surface area contributed by atoms with Gasteiger partial charge in [-0.2, -0.15) is 0 Å². The van der Waals surface area contributed by atoms with E-state index >= 15 is 0 Å². The van der Waals surface area contributed by atoms with Crippen molar-refractivity contribution in [3.8, 4) is 5.75 Å². The van der Waals surface area contributed by atoms with Crippen LogP contribution in [-0.4, -0.2) is 80.2 Å². The number of ether oxygens (including phenoxy) is 2. The van der Waals surface area contributed by atoms with Crippen molar-refractivity contribution in [1.29, 1.82) is 0 Å². The second-order valence-electron chi connectivity index (χ2n) is 7.52. The van der Waals surface area contributed by atoms with Gasteiger partial charge in [0.15, 0.2) is 0 Å². The molecule has 162 valence electrons. The average Bonchev–Trinajstić information content (AvgIpc) is 3.07. The molecule has 11 heteroatoms. The minimum Gasteiger partial charge on any atom is -0.491 e. The van der Waals surface area contributed by atoms with Crippen LogP contribution >= 0.6 is 0 Å². The molecular weight excluding hydrogens is 402 g/mol. The molecule has 1 amide bonds. The maximum absolute atomic E-state index is 11.7. The first-order valence-corrected chi connectivity index (χ1v) is 11.0. The molecule has 2 heterocycles. The van der Waals surface area contributed by atoms with Gasteiger partial charge in [-0.1, -0.05) is 6.07 Å². The molecule has 0 saturated carbocycles. The number of hydrogen-bond donors (Lipinski definition) is 4. The number of sulfonamides is 1. The predicted molar refractivity (Wildman–Crippen MR) is 103 cm³/mol. The summed E-state index contributed by atoms with van der Waals surface area (Å²) < 4.78 is 34.2. The normalized spacial score (nSPS) is 22.3. The molecule has 0 bridgehead atoms. The molecule has 2 aliphatic rings. The molecule has 10 nitrogen and oxygen atoms in total. The van der Waals surface area contributed by atoms with Crippen LogP contribution in [0.2, 0.25) is 0 Å². The van der Waals surface area contributed by atoms with Crippen LogP contribution in [0.15, 0.2) is 29.2 Å². The Hall–Kier alpha value is -1.92. The fourth-order valence-electron chi connectivity index (χ4n) is 3.85. The zero-order valence-corrected chi connectivity index (χ0v) is 16.8. The average molecular weight is 429 g/mol. The molecule has 1 aromatic rings. The van der Waals surface area contributed by atoms with Crippen LogP contribution in [0.1, 0.15) is 19.3 Å². The molecular formula is C18H27N3O7S. The number of piperidine rings is 1. The molecule has 1 aromatic carbocycles. The Morgan fingerprint density at radius 1 is 1.41 bits per heavy atom. The Morgan fingerprint density at radius 3 is 2.79 bits per heavy atom. The zero-order valence-electron chi connectivity index (χ0n) is 16.0. The molecule has 0 aromatic heterocycles. The molecule has 1 spiro atoms. The van der Waals surface area contributed by atoms with Crippen LogP contribution in [0.25, 0.3) is 0 Å². The van der Waals surface area contributed by atoms with Gasteiger partial charge >= 0.3 is 6.09 Å². The number of carboxylic acid groups (broad SMARTS) is 1. The SMILES string of the molecule is NS(=O)(=O)c1cccc(OCC(O)CN(C(=O)O)C2COC3(CCNCC3)C2)c1. The smallest absolute Gasteiger partial charge is 0.407 e. The number of benzene rings is 1. The summed E-state index contributed by atoms with van der Waals surface area (Å²) in [5.74, 6) is 0.218. The molecule has 0 aliphatic carbocycles. The maximum Gasteiger partial charge on any atom is 0.407 e. The van der Waals surface area contributed by atoms with Crippen molar-refractivity contribution >= 4 is 16.1 Å². The van der Waals surface area contributed by atoms with Gasteiger partial charge in [-0.3, -0.25) is 0 Å². The van der Waals surface area contributed by atoms with E-state index in [9.17, 15) is 23.4 Å². The van der Waals surface area contributed by atoms with E-state index in [0.717, 1.165) is 25.9 Å². The Morgan fingerprint density at radius 2 is 2.14 bits per heavy atom. The van der Waals surface area contributed by atoms with E-state index in [1.165, 1.54) is 29.2 Å². The van der Waals surface area contributed by atoms with Crippen LogP contribution in [-0.2, 0) is 14.8 Å². The molecule has 3 rings (SSSR count). The fraction of sp³-hybridized carbons (Fsp3) is 0.611. The number of amides is 1. The largest absolute Gasteiger partial charge is 0.491 e.